The van der Waals surface area contributed by atoms with Crippen molar-refractivity contribution in [2.24, 2.45) is 5.73 Å². The summed E-state index contributed by atoms with van der Waals surface area (Å²) in [4.78, 5) is 0. The summed E-state index contributed by atoms with van der Waals surface area (Å²) in [5, 5.41) is 0. The molecule has 80 valence electrons. The molecule has 3 rings (SSSR count). The van der Waals surface area contributed by atoms with E-state index in [1.807, 2.05) is 12.1 Å². The number of fused-ring (bicyclic) bond motifs is 3. The van der Waals surface area contributed by atoms with Gasteiger partial charge >= 0.3 is 0 Å². The Kier molecular flexibility index (Phi) is 1.95. The molecule has 0 radical (unpaired) electrons. The van der Waals surface area contributed by atoms with Gasteiger partial charge in [0.1, 0.15) is 13.2 Å². The zero-order valence-electron chi connectivity index (χ0n) is 8.36. The number of ether oxygens (including phenoxy) is 3. The minimum absolute atomic E-state index is 0.0459. The fourth-order valence-corrected chi connectivity index (χ4v) is 1.99. The Labute approximate surface area is 87.9 Å². The second-order valence-electron chi connectivity index (χ2n) is 3.75. The summed E-state index contributed by atoms with van der Waals surface area (Å²) < 4.78 is 16.7. The number of hydrogen-bond acceptors (Lipinski definition) is 4. The molecule has 15 heavy (non-hydrogen) atoms. The molecule has 4 nitrogen and oxygen atoms in total. The lowest BCUT2D eigenvalue weighted by atomic mass is 10.0. The van der Waals surface area contributed by atoms with E-state index >= 15 is 0 Å². The van der Waals surface area contributed by atoms with Crippen LogP contribution in [0.1, 0.15) is 18.0 Å². The molecule has 0 aromatic heterocycles. The first kappa shape index (κ1) is 8.85. The summed E-state index contributed by atoms with van der Waals surface area (Å²) in [6.07, 6.45) is 0.854. The second kappa shape index (κ2) is 3.31. The largest absolute Gasteiger partial charge is 0.489 e. The monoisotopic (exact) mass is 207 g/mol. The summed E-state index contributed by atoms with van der Waals surface area (Å²) in [6, 6.07) is 3.92. The van der Waals surface area contributed by atoms with Crippen molar-refractivity contribution in [1.82, 2.24) is 0 Å². The summed E-state index contributed by atoms with van der Waals surface area (Å²) in [5.41, 5.74) is 7.02. The van der Waals surface area contributed by atoms with Gasteiger partial charge in [-0.15, -0.1) is 0 Å². The van der Waals surface area contributed by atoms with Crippen molar-refractivity contribution < 1.29 is 14.2 Å². The van der Waals surface area contributed by atoms with Crippen LogP contribution in [-0.2, 0) is 0 Å². The Hall–Kier alpha value is -1.42. The molecule has 0 saturated heterocycles. The third-order valence-corrected chi connectivity index (χ3v) is 2.77. The Balaban J connectivity index is 2.13. The third-order valence-electron chi connectivity index (χ3n) is 2.77. The van der Waals surface area contributed by atoms with Crippen LogP contribution < -0.4 is 19.9 Å². The summed E-state index contributed by atoms with van der Waals surface area (Å²) in [7, 11) is 0. The van der Waals surface area contributed by atoms with Crippen LogP contribution in [0, 0.1) is 0 Å². The maximum atomic E-state index is 6.00. The van der Waals surface area contributed by atoms with Crippen LogP contribution in [0.25, 0.3) is 0 Å². The van der Waals surface area contributed by atoms with Crippen LogP contribution in [0.2, 0.25) is 0 Å². The summed E-state index contributed by atoms with van der Waals surface area (Å²) >= 11 is 0. The summed E-state index contributed by atoms with van der Waals surface area (Å²) in [6.45, 7) is 1.81. The van der Waals surface area contributed by atoms with Crippen molar-refractivity contribution >= 4 is 0 Å². The molecule has 0 saturated carbocycles. The minimum Gasteiger partial charge on any atom is -0.489 e. The average Bonchev–Trinajstić information content (AvgIpc) is 2.29. The highest BCUT2D eigenvalue weighted by Crippen LogP contribution is 2.45. The van der Waals surface area contributed by atoms with Crippen LogP contribution in [-0.4, -0.2) is 19.8 Å². The number of rotatable bonds is 0. The maximum absolute atomic E-state index is 6.00. The molecule has 4 heteroatoms. The first-order valence-corrected chi connectivity index (χ1v) is 5.17. The highest BCUT2D eigenvalue weighted by Gasteiger charge is 2.26. The van der Waals surface area contributed by atoms with Crippen molar-refractivity contribution in [3.63, 3.8) is 0 Å². The van der Waals surface area contributed by atoms with E-state index in [1.165, 1.54) is 0 Å². The van der Waals surface area contributed by atoms with Crippen LogP contribution in [0.5, 0.6) is 17.2 Å². The van der Waals surface area contributed by atoms with Crippen LogP contribution in [0.3, 0.4) is 0 Å². The van der Waals surface area contributed by atoms with Crippen molar-refractivity contribution in [1.29, 1.82) is 0 Å². The Morgan fingerprint density at radius 1 is 1.00 bits per heavy atom. The van der Waals surface area contributed by atoms with Crippen molar-refractivity contribution in [2.45, 2.75) is 12.5 Å². The lowest BCUT2D eigenvalue weighted by Gasteiger charge is -2.28. The van der Waals surface area contributed by atoms with Gasteiger partial charge in [-0.1, -0.05) is 0 Å². The van der Waals surface area contributed by atoms with E-state index in [1.54, 1.807) is 0 Å². The SMILES string of the molecule is NC1CCOc2c1ccc1c2OCCO1. The van der Waals surface area contributed by atoms with Gasteiger partial charge in [0, 0.05) is 18.0 Å². The zero-order valence-corrected chi connectivity index (χ0v) is 8.36. The van der Waals surface area contributed by atoms with Gasteiger partial charge in [0.25, 0.3) is 0 Å². The van der Waals surface area contributed by atoms with E-state index in [9.17, 15) is 0 Å². The van der Waals surface area contributed by atoms with E-state index in [0.29, 0.717) is 25.6 Å². The number of benzene rings is 1. The van der Waals surface area contributed by atoms with Crippen LogP contribution >= 0.6 is 0 Å². The normalized spacial score (nSPS) is 22.9. The molecular weight excluding hydrogens is 194 g/mol. The van der Waals surface area contributed by atoms with Crippen molar-refractivity contribution in [3.05, 3.63) is 17.7 Å². The molecule has 0 amide bonds. The highest BCUT2D eigenvalue weighted by molar-refractivity contribution is 5.57. The fourth-order valence-electron chi connectivity index (χ4n) is 1.99. The van der Waals surface area contributed by atoms with E-state index in [4.69, 9.17) is 19.9 Å². The number of hydrogen-bond donors (Lipinski definition) is 1. The minimum atomic E-state index is 0.0459. The molecule has 0 bridgehead atoms. The van der Waals surface area contributed by atoms with E-state index in [-0.39, 0.29) is 6.04 Å². The predicted octanol–water partition coefficient (Wildman–Crippen LogP) is 1.24. The molecule has 1 atom stereocenters. The Morgan fingerprint density at radius 3 is 2.73 bits per heavy atom. The second-order valence-corrected chi connectivity index (χ2v) is 3.75. The Bertz CT molecular complexity index is 392. The maximum Gasteiger partial charge on any atom is 0.204 e. The lowest BCUT2D eigenvalue weighted by Crippen LogP contribution is -2.23. The predicted molar refractivity (Wildman–Crippen MR) is 54.5 cm³/mol. The van der Waals surface area contributed by atoms with Gasteiger partial charge in [-0.25, -0.2) is 0 Å². The van der Waals surface area contributed by atoms with Gasteiger partial charge in [0.05, 0.1) is 6.61 Å². The molecule has 0 aliphatic carbocycles. The molecule has 0 spiro atoms. The molecule has 2 aliphatic heterocycles. The standard InChI is InChI=1S/C11H13NO3/c12-8-3-4-14-10-7(8)1-2-9-11(10)15-6-5-13-9/h1-2,8H,3-6,12H2. The Morgan fingerprint density at radius 2 is 1.80 bits per heavy atom. The van der Waals surface area contributed by atoms with Gasteiger partial charge < -0.3 is 19.9 Å². The molecule has 2 N–H and O–H groups in total. The highest BCUT2D eigenvalue weighted by atomic mass is 16.6. The molecule has 1 aromatic rings. The topological polar surface area (TPSA) is 53.7 Å². The smallest absolute Gasteiger partial charge is 0.204 e. The molecular formula is C11H13NO3. The van der Waals surface area contributed by atoms with Gasteiger partial charge in [-0.3, -0.25) is 0 Å². The molecule has 2 aliphatic rings. The molecule has 2 heterocycles. The van der Waals surface area contributed by atoms with Gasteiger partial charge in [0.2, 0.25) is 5.75 Å². The summed E-state index contributed by atoms with van der Waals surface area (Å²) in [5.74, 6) is 2.24. The van der Waals surface area contributed by atoms with Gasteiger partial charge in [0.15, 0.2) is 11.5 Å². The first-order chi connectivity index (χ1) is 7.36. The lowest BCUT2D eigenvalue weighted by molar-refractivity contribution is 0.157. The van der Waals surface area contributed by atoms with Crippen molar-refractivity contribution in [2.75, 3.05) is 19.8 Å². The van der Waals surface area contributed by atoms with Gasteiger partial charge in [-0.05, 0) is 12.1 Å². The van der Waals surface area contributed by atoms with Gasteiger partial charge in [-0.2, -0.15) is 0 Å². The van der Waals surface area contributed by atoms with E-state index in [0.717, 1.165) is 23.5 Å². The quantitative estimate of drug-likeness (QED) is 0.695. The fraction of sp³-hybridized carbons (Fsp3) is 0.455. The molecule has 1 unspecified atom stereocenters. The molecule has 0 fully saturated rings. The molecule has 1 aromatic carbocycles. The first-order valence-electron chi connectivity index (χ1n) is 5.17. The van der Waals surface area contributed by atoms with Crippen molar-refractivity contribution in [3.8, 4) is 17.2 Å². The number of nitrogens with two attached hydrogens (primary N) is 1. The third kappa shape index (κ3) is 1.33. The van der Waals surface area contributed by atoms with Crippen LogP contribution in [0.4, 0.5) is 0 Å². The van der Waals surface area contributed by atoms with E-state index < -0.39 is 0 Å². The average molecular weight is 207 g/mol. The zero-order chi connectivity index (χ0) is 10.3. The van der Waals surface area contributed by atoms with Crippen LogP contribution in [0.15, 0.2) is 12.1 Å². The van der Waals surface area contributed by atoms with E-state index in [2.05, 4.69) is 0 Å².